The zero-order chi connectivity index (χ0) is 13.8. The second-order valence-corrected chi connectivity index (χ2v) is 4.89. The van der Waals surface area contributed by atoms with Crippen molar-refractivity contribution >= 4 is 17.1 Å². The van der Waals surface area contributed by atoms with Crippen LogP contribution in [0.15, 0.2) is 22.6 Å². The van der Waals surface area contributed by atoms with Crippen LogP contribution in [-0.2, 0) is 0 Å². The Kier molecular flexibility index (Phi) is 4.03. The van der Waals surface area contributed by atoms with Gasteiger partial charge in [0.1, 0.15) is 17.9 Å². The standard InChI is InChI=1S/C14H19N3O3/c18-7-8-19-11-1-2-13-12(9-11)17-14(20-13)16-10-3-5-15-6-4-10/h1-2,9-10,15,18H,3-8H2,(H,16,17). The molecule has 0 aliphatic carbocycles. The van der Waals surface area contributed by atoms with Gasteiger partial charge in [-0.05, 0) is 38.1 Å². The van der Waals surface area contributed by atoms with E-state index in [2.05, 4.69) is 15.6 Å². The van der Waals surface area contributed by atoms with E-state index in [1.165, 1.54) is 0 Å². The third-order valence-electron chi connectivity index (χ3n) is 3.39. The molecule has 0 atom stereocenters. The van der Waals surface area contributed by atoms with Crippen LogP contribution in [0.3, 0.4) is 0 Å². The lowest BCUT2D eigenvalue weighted by molar-refractivity contribution is 0.201. The Labute approximate surface area is 117 Å². The molecule has 1 aliphatic heterocycles. The molecule has 20 heavy (non-hydrogen) atoms. The van der Waals surface area contributed by atoms with Gasteiger partial charge in [-0.25, -0.2) is 0 Å². The average molecular weight is 277 g/mol. The van der Waals surface area contributed by atoms with E-state index in [0.717, 1.165) is 37.0 Å². The largest absolute Gasteiger partial charge is 0.491 e. The Morgan fingerprint density at radius 1 is 1.40 bits per heavy atom. The van der Waals surface area contributed by atoms with E-state index in [1.807, 2.05) is 18.2 Å². The molecule has 0 bridgehead atoms. The normalized spacial score (nSPS) is 16.4. The fourth-order valence-electron chi connectivity index (χ4n) is 2.36. The van der Waals surface area contributed by atoms with Gasteiger partial charge in [-0.2, -0.15) is 4.98 Å². The van der Waals surface area contributed by atoms with Crippen molar-refractivity contribution in [3.05, 3.63) is 18.2 Å². The van der Waals surface area contributed by atoms with Gasteiger partial charge >= 0.3 is 0 Å². The summed E-state index contributed by atoms with van der Waals surface area (Å²) in [6.07, 6.45) is 2.15. The van der Waals surface area contributed by atoms with Gasteiger partial charge in [0, 0.05) is 12.1 Å². The third kappa shape index (κ3) is 3.02. The Morgan fingerprint density at radius 3 is 3.05 bits per heavy atom. The lowest BCUT2D eigenvalue weighted by atomic mass is 10.1. The highest BCUT2D eigenvalue weighted by molar-refractivity contribution is 5.76. The zero-order valence-corrected chi connectivity index (χ0v) is 11.3. The van der Waals surface area contributed by atoms with Crippen molar-refractivity contribution in [2.45, 2.75) is 18.9 Å². The second kappa shape index (κ2) is 6.11. The van der Waals surface area contributed by atoms with Gasteiger partial charge in [0.2, 0.25) is 0 Å². The van der Waals surface area contributed by atoms with Crippen LogP contribution in [-0.4, -0.2) is 42.4 Å². The number of nitrogens with zero attached hydrogens (tertiary/aromatic N) is 1. The smallest absolute Gasteiger partial charge is 0.295 e. The molecule has 2 heterocycles. The monoisotopic (exact) mass is 277 g/mol. The molecule has 0 unspecified atom stereocenters. The van der Waals surface area contributed by atoms with Crippen molar-refractivity contribution in [2.24, 2.45) is 0 Å². The average Bonchev–Trinajstić information content (AvgIpc) is 2.87. The van der Waals surface area contributed by atoms with Gasteiger partial charge in [0.05, 0.1) is 6.61 Å². The first-order chi connectivity index (χ1) is 9.85. The summed E-state index contributed by atoms with van der Waals surface area (Å²) >= 11 is 0. The predicted octanol–water partition coefficient (Wildman–Crippen LogP) is 1.36. The number of oxazole rings is 1. The number of aliphatic hydroxyl groups is 1. The summed E-state index contributed by atoms with van der Waals surface area (Å²) < 4.78 is 11.0. The number of hydrogen-bond acceptors (Lipinski definition) is 6. The van der Waals surface area contributed by atoms with Crippen LogP contribution < -0.4 is 15.4 Å². The Morgan fingerprint density at radius 2 is 2.25 bits per heavy atom. The molecule has 2 aromatic rings. The fraction of sp³-hybridized carbons (Fsp3) is 0.500. The Balaban J connectivity index is 1.72. The minimum Gasteiger partial charge on any atom is -0.491 e. The van der Waals surface area contributed by atoms with Crippen molar-refractivity contribution in [2.75, 3.05) is 31.6 Å². The first-order valence-electron chi connectivity index (χ1n) is 6.96. The molecule has 1 aromatic heterocycles. The van der Waals surface area contributed by atoms with Gasteiger partial charge in [-0.3, -0.25) is 0 Å². The van der Waals surface area contributed by atoms with Crippen molar-refractivity contribution in [1.29, 1.82) is 0 Å². The SMILES string of the molecule is OCCOc1ccc2oc(NC3CCNCC3)nc2c1. The number of nitrogens with one attached hydrogen (secondary N) is 2. The number of piperidine rings is 1. The van der Waals surface area contributed by atoms with Crippen LogP contribution >= 0.6 is 0 Å². The zero-order valence-electron chi connectivity index (χ0n) is 11.3. The molecular formula is C14H19N3O3. The molecule has 3 rings (SSSR count). The van der Waals surface area contributed by atoms with E-state index in [0.29, 0.717) is 17.8 Å². The van der Waals surface area contributed by atoms with E-state index in [1.54, 1.807) is 0 Å². The minimum atomic E-state index is -0.000621. The molecule has 6 nitrogen and oxygen atoms in total. The lowest BCUT2D eigenvalue weighted by Crippen LogP contribution is -2.35. The molecule has 1 saturated heterocycles. The number of fused-ring (bicyclic) bond motifs is 1. The summed E-state index contributed by atoms with van der Waals surface area (Å²) in [5.41, 5.74) is 1.50. The van der Waals surface area contributed by atoms with Gasteiger partial charge < -0.3 is 24.9 Å². The van der Waals surface area contributed by atoms with Crippen LogP contribution in [0, 0.1) is 0 Å². The summed E-state index contributed by atoms with van der Waals surface area (Å²) in [7, 11) is 0. The highest BCUT2D eigenvalue weighted by atomic mass is 16.5. The number of aliphatic hydroxyl groups excluding tert-OH is 1. The molecule has 1 aromatic carbocycles. The van der Waals surface area contributed by atoms with E-state index in [9.17, 15) is 0 Å². The maximum atomic E-state index is 8.75. The number of ether oxygens (including phenoxy) is 1. The molecule has 0 radical (unpaired) electrons. The molecule has 1 fully saturated rings. The summed E-state index contributed by atoms with van der Waals surface area (Å²) in [6, 6.07) is 6.45. The molecule has 3 N–H and O–H groups in total. The first-order valence-corrected chi connectivity index (χ1v) is 6.96. The molecule has 0 spiro atoms. The predicted molar refractivity (Wildman–Crippen MR) is 76.1 cm³/mol. The highest BCUT2D eigenvalue weighted by Gasteiger charge is 2.15. The van der Waals surface area contributed by atoms with Crippen LogP contribution in [0.5, 0.6) is 5.75 Å². The summed E-state index contributed by atoms with van der Waals surface area (Å²) in [6.45, 7) is 2.33. The third-order valence-corrected chi connectivity index (χ3v) is 3.39. The highest BCUT2D eigenvalue weighted by Crippen LogP contribution is 2.24. The lowest BCUT2D eigenvalue weighted by Gasteiger charge is -2.22. The van der Waals surface area contributed by atoms with Gasteiger partial charge in [0.25, 0.3) is 6.01 Å². The number of rotatable bonds is 5. The molecule has 0 amide bonds. The van der Waals surface area contributed by atoms with Gasteiger partial charge in [0.15, 0.2) is 5.58 Å². The first kappa shape index (κ1) is 13.2. The molecular weight excluding hydrogens is 258 g/mol. The van der Waals surface area contributed by atoms with Crippen LogP contribution in [0.4, 0.5) is 6.01 Å². The summed E-state index contributed by atoms with van der Waals surface area (Å²) in [5.74, 6) is 0.688. The quantitative estimate of drug-likeness (QED) is 0.766. The molecule has 108 valence electrons. The summed E-state index contributed by atoms with van der Waals surface area (Å²) in [4.78, 5) is 4.43. The topological polar surface area (TPSA) is 79.5 Å². The maximum Gasteiger partial charge on any atom is 0.295 e. The Bertz CT molecular complexity index is 564. The molecule has 6 heteroatoms. The van der Waals surface area contributed by atoms with Crippen LogP contribution in [0.25, 0.3) is 11.1 Å². The second-order valence-electron chi connectivity index (χ2n) is 4.89. The van der Waals surface area contributed by atoms with Crippen molar-refractivity contribution in [3.63, 3.8) is 0 Å². The minimum absolute atomic E-state index is 0.000621. The number of anilines is 1. The molecule has 1 aliphatic rings. The van der Waals surface area contributed by atoms with E-state index in [4.69, 9.17) is 14.3 Å². The van der Waals surface area contributed by atoms with E-state index in [-0.39, 0.29) is 13.2 Å². The van der Waals surface area contributed by atoms with E-state index < -0.39 is 0 Å². The number of hydrogen-bond donors (Lipinski definition) is 3. The van der Waals surface area contributed by atoms with Gasteiger partial charge in [-0.1, -0.05) is 0 Å². The molecule has 0 saturated carbocycles. The number of aromatic nitrogens is 1. The number of benzene rings is 1. The maximum absolute atomic E-state index is 8.75. The van der Waals surface area contributed by atoms with Crippen LogP contribution in [0.1, 0.15) is 12.8 Å². The van der Waals surface area contributed by atoms with Crippen LogP contribution in [0.2, 0.25) is 0 Å². The fourth-order valence-corrected chi connectivity index (χ4v) is 2.36. The van der Waals surface area contributed by atoms with Crippen molar-refractivity contribution in [1.82, 2.24) is 10.3 Å². The summed E-state index contributed by atoms with van der Waals surface area (Å²) in [5, 5.41) is 15.4. The Hall–Kier alpha value is -1.79. The van der Waals surface area contributed by atoms with Crippen molar-refractivity contribution in [3.8, 4) is 5.75 Å². The van der Waals surface area contributed by atoms with Crippen molar-refractivity contribution < 1.29 is 14.3 Å². The van der Waals surface area contributed by atoms with Gasteiger partial charge in [-0.15, -0.1) is 0 Å². The van der Waals surface area contributed by atoms with E-state index >= 15 is 0 Å².